The van der Waals surface area contributed by atoms with Gasteiger partial charge in [-0.2, -0.15) is 13.9 Å². The number of para-hydroxylation sites is 2. The van der Waals surface area contributed by atoms with Gasteiger partial charge >= 0.3 is 6.61 Å². The molecule has 140 valence electrons. The van der Waals surface area contributed by atoms with E-state index < -0.39 is 24.6 Å². The lowest BCUT2D eigenvalue weighted by atomic mass is 10.2. The minimum absolute atomic E-state index is 0.0612. The van der Waals surface area contributed by atoms with Crippen LogP contribution in [0.25, 0.3) is 0 Å². The van der Waals surface area contributed by atoms with Crippen molar-refractivity contribution in [2.45, 2.75) is 38.3 Å². The molecule has 1 heterocycles. The van der Waals surface area contributed by atoms with Gasteiger partial charge in [-0.1, -0.05) is 12.1 Å². The smallest absolute Gasteiger partial charge is 0.387 e. The van der Waals surface area contributed by atoms with E-state index in [0.717, 1.165) is 12.8 Å². The maximum atomic E-state index is 13.1. The number of nitrogens with zero attached hydrogens (tertiary/aromatic N) is 2. The first-order valence-corrected chi connectivity index (χ1v) is 8.54. The minimum atomic E-state index is -3.04. The summed E-state index contributed by atoms with van der Waals surface area (Å²) < 4.78 is 56.8. The van der Waals surface area contributed by atoms with Gasteiger partial charge in [-0.25, -0.2) is 8.78 Å². The number of hydrogen-bond acceptors (Lipinski definition) is 3. The molecule has 0 saturated heterocycles. The highest BCUT2D eigenvalue weighted by molar-refractivity contribution is 9.10. The molecule has 2 aromatic rings. The number of amides is 1. The van der Waals surface area contributed by atoms with Gasteiger partial charge in [0.15, 0.2) is 0 Å². The predicted molar refractivity (Wildman–Crippen MR) is 88.6 cm³/mol. The molecule has 3 rings (SSSR count). The molecule has 0 aliphatic heterocycles. The lowest BCUT2D eigenvalue weighted by molar-refractivity contribution is -0.117. The minimum Gasteiger partial charge on any atom is -0.433 e. The Balaban J connectivity index is 1.78. The van der Waals surface area contributed by atoms with Crippen molar-refractivity contribution in [3.05, 3.63) is 40.1 Å². The number of ether oxygens (including phenoxy) is 1. The third-order valence-corrected chi connectivity index (χ3v) is 4.61. The second kappa shape index (κ2) is 7.65. The van der Waals surface area contributed by atoms with Crippen molar-refractivity contribution in [3.63, 3.8) is 0 Å². The summed E-state index contributed by atoms with van der Waals surface area (Å²) >= 11 is 3.14. The van der Waals surface area contributed by atoms with Crippen LogP contribution in [0.4, 0.5) is 23.2 Å². The van der Waals surface area contributed by atoms with Crippen molar-refractivity contribution in [1.82, 2.24) is 9.78 Å². The molecule has 0 unspecified atom stereocenters. The van der Waals surface area contributed by atoms with Crippen LogP contribution in [0, 0.1) is 0 Å². The Bertz CT molecular complexity index is 809. The summed E-state index contributed by atoms with van der Waals surface area (Å²) in [6.07, 6.45) is -1.11. The third-order valence-electron chi connectivity index (χ3n) is 3.80. The molecule has 10 heteroatoms. The van der Waals surface area contributed by atoms with Gasteiger partial charge in [0, 0.05) is 5.92 Å². The number of rotatable bonds is 7. The van der Waals surface area contributed by atoms with Crippen LogP contribution in [0.3, 0.4) is 0 Å². The van der Waals surface area contributed by atoms with Crippen LogP contribution in [-0.2, 0) is 11.3 Å². The number of hydrogen-bond donors (Lipinski definition) is 1. The van der Waals surface area contributed by atoms with Crippen molar-refractivity contribution in [2.24, 2.45) is 0 Å². The van der Waals surface area contributed by atoms with E-state index in [9.17, 15) is 22.4 Å². The summed E-state index contributed by atoms with van der Waals surface area (Å²) in [5.74, 6) is -0.701. The number of carbonyl (C=O) groups excluding carboxylic acids is 1. The van der Waals surface area contributed by atoms with Crippen LogP contribution in [0.1, 0.15) is 36.6 Å². The highest BCUT2D eigenvalue weighted by atomic mass is 79.9. The standard InChI is InChI=1S/C16H14BrF4N3O2/c17-12-13(15(18)19)23-24(14(12)8-5-6-8)7-11(25)22-9-3-1-2-4-10(9)26-16(20)21/h1-4,8,15-16H,5-7H2,(H,22,25). The maximum absolute atomic E-state index is 13.1. The molecule has 5 nitrogen and oxygen atoms in total. The first-order chi connectivity index (χ1) is 12.4. The number of carbonyl (C=O) groups is 1. The summed E-state index contributed by atoms with van der Waals surface area (Å²) in [5, 5.41) is 6.28. The average Bonchev–Trinajstić information content (AvgIpc) is 3.33. The normalized spacial score (nSPS) is 14.1. The Labute approximate surface area is 154 Å². The summed E-state index contributed by atoms with van der Waals surface area (Å²) in [7, 11) is 0. The van der Waals surface area contributed by atoms with E-state index in [1.807, 2.05) is 0 Å². The molecule has 1 aromatic carbocycles. The number of halogens is 5. The zero-order valence-electron chi connectivity index (χ0n) is 13.3. The Kier molecular flexibility index (Phi) is 5.49. The van der Waals surface area contributed by atoms with E-state index in [1.54, 1.807) is 6.07 Å². The van der Waals surface area contributed by atoms with Crippen molar-refractivity contribution in [3.8, 4) is 5.75 Å². The lowest BCUT2D eigenvalue weighted by Crippen LogP contribution is -2.21. The second-order valence-electron chi connectivity index (χ2n) is 5.74. The fourth-order valence-corrected chi connectivity index (χ4v) is 3.35. The first-order valence-electron chi connectivity index (χ1n) is 7.74. The molecular formula is C16H14BrF4N3O2. The van der Waals surface area contributed by atoms with Gasteiger partial charge in [-0.05, 0) is 40.9 Å². The fraction of sp³-hybridized carbons (Fsp3) is 0.375. The summed E-state index contributed by atoms with van der Waals surface area (Å²) in [6, 6.07) is 5.72. The van der Waals surface area contributed by atoms with Gasteiger partial charge in [0.25, 0.3) is 6.43 Å². The molecule has 0 atom stereocenters. The van der Waals surface area contributed by atoms with Gasteiger partial charge in [-0.15, -0.1) is 0 Å². The van der Waals surface area contributed by atoms with E-state index >= 15 is 0 Å². The largest absolute Gasteiger partial charge is 0.433 e. The van der Waals surface area contributed by atoms with Crippen molar-refractivity contribution in [1.29, 1.82) is 0 Å². The molecule has 1 amide bonds. The molecular weight excluding hydrogens is 422 g/mol. The molecule has 0 spiro atoms. The van der Waals surface area contributed by atoms with Crippen LogP contribution in [-0.4, -0.2) is 22.3 Å². The van der Waals surface area contributed by atoms with E-state index in [-0.39, 0.29) is 28.4 Å². The monoisotopic (exact) mass is 435 g/mol. The van der Waals surface area contributed by atoms with Crippen LogP contribution in [0.2, 0.25) is 0 Å². The molecule has 26 heavy (non-hydrogen) atoms. The Morgan fingerprint density at radius 3 is 2.62 bits per heavy atom. The maximum Gasteiger partial charge on any atom is 0.387 e. The topological polar surface area (TPSA) is 56.2 Å². The highest BCUT2D eigenvalue weighted by Crippen LogP contribution is 2.45. The summed E-state index contributed by atoms with van der Waals surface area (Å²) in [6.45, 7) is -3.36. The quantitative estimate of drug-likeness (QED) is 0.641. The van der Waals surface area contributed by atoms with Gasteiger partial charge in [0.05, 0.1) is 15.9 Å². The Morgan fingerprint density at radius 2 is 2.00 bits per heavy atom. The highest BCUT2D eigenvalue weighted by Gasteiger charge is 2.34. The number of nitrogens with one attached hydrogen (secondary N) is 1. The van der Waals surface area contributed by atoms with Gasteiger partial charge < -0.3 is 10.1 Å². The van der Waals surface area contributed by atoms with Crippen LogP contribution in [0.5, 0.6) is 5.75 Å². The summed E-state index contributed by atoms with van der Waals surface area (Å²) in [5.41, 5.74) is 0.194. The Hall–Kier alpha value is -2.10. The molecule has 1 aliphatic carbocycles. The van der Waals surface area contributed by atoms with Crippen molar-refractivity contribution in [2.75, 3.05) is 5.32 Å². The molecule has 1 saturated carbocycles. The van der Waals surface area contributed by atoms with Crippen molar-refractivity contribution >= 4 is 27.5 Å². The van der Waals surface area contributed by atoms with Crippen LogP contribution >= 0.6 is 15.9 Å². The van der Waals surface area contributed by atoms with E-state index in [2.05, 4.69) is 31.1 Å². The van der Waals surface area contributed by atoms with Crippen LogP contribution < -0.4 is 10.1 Å². The number of anilines is 1. The zero-order valence-corrected chi connectivity index (χ0v) is 14.8. The molecule has 0 radical (unpaired) electrons. The molecule has 1 aliphatic rings. The molecule has 1 aromatic heterocycles. The van der Waals surface area contributed by atoms with Crippen LogP contribution in [0.15, 0.2) is 28.7 Å². The molecule has 0 bridgehead atoms. The number of benzene rings is 1. The Morgan fingerprint density at radius 1 is 1.31 bits per heavy atom. The van der Waals surface area contributed by atoms with Gasteiger partial charge in [0.2, 0.25) is 5.91 Å². The van der Waals surface area contributed by atoms with E-state index in [0.29, 0.717) is 5.69 Å². The SMILES string of the molecule is O=C(Cn1nc(C(F)F)c(Br)c1C1CC1)Nc1ccccc1OC(F)F. The average molecular weight is 436 g/mol. The molecule has 1 fully saturated rings. The summed E-state index contributed by atoms with van der Waals surface area (Å²) in [4.78, 5) is 12.3. The predicted octanol–water partition coefficient (Wildman–Crippen LogP) is 4.70. The fourth-order valence-electron chi connectivity index (χ4n) is 2.57. The van der Waals surface area contributed by atoms with Gasteiger partial charge in [0.1, 0.15) is 18.0 Å². The number of aromatic nitrogens is 2. The zero-order chi connectivity index (χ0) is 18.8. The first kappa shape index (κ1) is 18.7. The lowest BCUT2D eigenvalue weighted by Gasteiger charge is -2.12. The number of alkyl halides is 4. The van der Waals surface area contributed by atoms with Crippen molar-refractivity contribution < 1.29 is 27.1 Å². The van der Waals surface area contributed by atoms with E-state index in [4.69, 9.17) is 0 Å². The second-order valence-corrected chi connectivity index (χ2v) is 6.53. The third kappa shape index (κ3) is 4.17. The van der Waals surface area contributed by atoms with Gasteiger partial charge in [-0.3, -0.25) is 9.48 Å². The van der Waals surface area contributed by atoms with E-state index in [1.165, 1.54) is 22.9 Å². The molecule has 1 N–H and O–H groups in total.